The summed E-state index contributed by atoms with van der Waals surface area (Å²) in [6.07, 6.45) is 3.68. The second-order valence-corrected chi connectivity index (χ2v) is 5.35. The Morgan fingerprint density at radius 2 is 2.30 bits per heavy atom. The summed E-state index contributed by atoms with van der Waals surface area (Å²) in [5.74, 6) is 2.62. The largest absolute Gasteiger partial charge is 0.497 e. The third-order valence-electron chi connectivity index (χ3n) is 3.80. The highest BCUT2D eigenvalue weighted by Crippen LogP contribution is 2.32. The molecule has 0 aliphatic heterocycles. The standard InChI is InChI=1S/C15H19N3O2/c1-19-13-4-2-3-10(7-13)8-14-17-15(20-18-14)11-5-6-12(16)9-11/h2-4,7,11-12H,5-6,8-9,16H2,1H3/t11-,12+/m1/s1. The maximum Gasteiger partial charge on any atom is 0.229 e. The number of ether oxygens (including phenoxy) is 1. The van der Waals surface area contributed by atoms with Crippen molar-refractivity contribution in [2.24, 2.45) is 5.73 Å². The molecule has 0 spiro atoms. The van der Waals surface area contributed by atoms with Crippen molar-refractivity contribution < 1.29 is 9.26 Å². The van der Waals surface area contributed by atoms with Gasteiger partial charge in [-0.2, -0.15) is 4.98 Å². The first-order valence-corrected chi connectivity index (χ1v) is 6.95. The van der Waals surface area contributed by atoms with E-state index in [4.69, 9.17) is 15.0 Å². The van der Waals surface area contributed by atoms with Gasteiger partial charge in [-0.05, 0) is 37.0 Å². The van der Waals surface area contributed by atoms with Crippen molar-refractivity contribution in [3.8, 4) is 5.75 Å². The molecule has 1 fully saturated rings. The van der Waals surface area contributed by atoms with Gasteiger partial charge >= 0.3 is 0 Å². The Morgan fingerprint density at radius 1 is 1.40 bits per heavy atom. The van der Waals surface area contributed by atoms with Crippen LogP contribution in [0.25, 0.3) is 0 Å². The summed E-state index contributed by atoms with van der Waals surface area (Å²) < 4.78 is 10.6. The molecule has 2 atom stereocenters. The van der Waals surface area contributed by atoms with Crippen LogP contribution >= 0.6 is 0 Å². The molecule has 20 heavy (non-hydrogen) atoms. The molecule has 1 heterocycles. The summed E-state index contributed by atoms with van der Waals surface area (Å²) in [7, 11) is 1.66. The van der Waals surface area contributed by atoms with Gasteiger partial charge in [0.2, 0.25) is 5.89 Å². The molecule has 5 heteroatoms. The van der Waals surface area contributed by atoms with E-state index in [1.807, 2.05) is 24.3 Å². The molecule has 1 aromatic heterocycles. The van der Waals surface area contributed by atoms with Crippen molar-refractivity contribution in [2.75, 3.05) is 7.11 Å². The molecule has 0 radical (unpaired) electrons. The predicted molar refractivity (Wildman–Crippen MR) is 74.7 cm³/mol. The second-order valence-electron chi connectivity index (χ2n) is 5.35. The number of nitrogens with two attached hydrogens (primary N) is 1. The van der Waals surface area contributed by atoms with Crippen LogP contribution in [0.4, 0.5) is 0 Å². The summed E-state index contributed by atoms with van der Waals surface area (Å²) in [6, 6.07) is 8.18. The van der Waals surface area contributed by atoms with Crippen LogP contribution in [0.5, 0.6) is 5.75 Å². The number of aromatic nitrogens is 2. The van der Waals surface area contributed by atoms with Crippen LogP contribution in [-0.4, -0.2) is 23.3 Å². The quantitative estimate of drug-likeness (QED) is 0.925. The lowest BCUT2D eigenvalue weighted by Gasteiger charge is -2.02. The minimum Gasteiger partial charge on any atom is -0.497 e. The molecule has 0 amide bonds. The van der Waals surface area contributed by atoms with E-state index in [1.54, 1.807) is 7.11 Å². The third kappa shape index (κ3) is 2.82. The topological polar surface area (TPSA) is 74.2 Å². The smallest absolute Gasteiger partial charge is 0.229 e. The first kappa shape index (κ1) is 13.1. The Hall–Kier alpha value is -1.88. The van der Waals surface area contributed by atoms with Crippen LogP contribution in [-0.2, 0) is 6.42 Å². The lowest BCUT2D eigenvalue weighted by Crippen LogP contribution is -2.14. The summed E-state index contributed by atoms with van der Waals surface area (Å²) in [4.78, 5) is 4.50. The molecule has 1 aromatic carbocycles. The number of rotatable bonds is 4. The van der Waals surface area contributed by atoms with Crippen LogP contribution in [0.2, 0.25) is 0 Å². The van der Waals surface area contributed by atoms with E-state index in [1.165, 1.54) is 0 Å². The number of hydrogen-bond donors (Lipinski definition) is 1. The Bertz CT molecular complexity index is 582. The fourth-order valence-corrected chi connectivity index (χ4v) is 2.71. The Morgan fingerprint density at radius 3 is 3.05 bits per heavy atom. The van der Waals surface area contributed by atoms with Crippen molar-refractivity contribution in [3.63, 3.8) is 0 Å². The SMILES string of the molecule is COc1cccc(Cc2noc([C@@H]3CC[C@H](N)C3)n2)c1. The van der Waals surface area contributed by atoms with Crippen LogP contribution in [0, 0.1) is 0 Å². The van der Waals surface area contributed by atoms with E-state index in [9.17, 15) is 0 Å². The van der Waals surface area contributed by atoms with Crippen molar-refractivity contribution >= 4 is 0 Å². The van der Waals surface area contributed by atoms with Crippen LogP contribution in [0.1, 0.15) is 42.5 Å². The Balaban J connectivity index is 1.70. The molecule has 0 unspecified atom stereocenters. The monoisotopic (exact) mass is 273 g/mol. The molecular formula is C15H19N3O2. The zero-order valence-electron chi connectivity index (χ0n) is 11.6. The molecule has 2 aromatic rings. The molecule has 5 nitrogen and oxygen atoms in total. The van der Waals surface area contributed by atoms with Gasteiger partial charge in [-0.15, -0.1) is 0 Å². The lowest BCUT2D eigenvalue weighted by atomic mass is 10.1. The Labute approximate surface area is 118 Å². The molecule has 3 rings (SSSR count). The van der Waals surface area contributed by atoms with Gasteiger partial charge in [-0.25, -0.2) is 0 Å². The zero-order chi connectivity index (χ0) is 13.9. The molecule has 2 N–H and O–H groups in total. The first-order chi connectivity index (χ1) is 9.74. The predicted octanol–water partition coefficient (Wildman–Crippen LogP) is 2.26. The van der Waals surface area contributed by atoms with Crippen molar-refractivity contribution in [3.05, 3.63) is 41.5 Å². The maximum absolute atomic E-state index is 5.92. The van der Waals surface area contributed by atoms with Gasteiger partial charge in [0.15, 0.2) is 5.82 Å². The normalized spacial score (nSPS) is 22.1. The van der Waals surface area contributed by atoms with Crippen molar-refractivity contribution in [1.82, 2.24) is 10.1 Å². The van der Waals surface area contributed by atoms with Crippen molar-refractivity contribution in [1.29, 1.82) is 0 Å². The van der Waals surface area contributed by atoms with E-state index in [-0.39, 0.29) is 6.04 Å². The highest BCUT2D eigenvalue weighted by molar-refractivity contribution is 5.30. The molecule has 0 saturated heterocycles. The van der Waals surface area contributed by atoms with E-state index in [0.717, 1.165) is 36.5 Å². The molecule has 1 aliphatic rings. The molecule has 1 aliphatic carbocycles. The zero-order valence-corrected chi connectivity index (χ0v) is 11.6. The number of nitrogens with zero attached hydrogens (tertiary/aromatic N) is 2. The molecule has 1 saturated carbocycles. The lowest BCUT2D eigenvalue weighted by molar-refractivity contribution is 0.350. The van der Waals surface area contributed by atoms with Gasteiger partial charge in [0.05, 0.1) is 7.11 Å². The van der Waals surface area contributed by atoms with E-state index < -0.39 is 0 Å². The van der Waals surface area contributed by atoms with Crippen LogP contribution in [0.15, 0.2) is 28.8 Å². The molecular weight excluding hydrogens is 254 g/mol. The van der Waals surface area contributed by atoms with Crippen molar-refractivity contribution in [2.45, 2.75) is 37.6 Å². The van der Waals surface area contributed by atoms with Gasteiger partial charge in [-0.3, -0.25) is 0 Å². The van der Waals surface area contributed by atoms with Gasteiger partial charge in [0.25, 0.3) is 0 Å². The molecule has 0 bridgehead atoms. The average Bonchev–Trinajstić information content (AvgIpc) is 3.08. The Kier molecular flexibility index (Phi) is 3.69. The number of hydrogen-bond acceptors (Lipinski definition) is 5. The minimum atomic E-state index is 0.272. The summed E-state index contributed by atoms with van der Waals surface area (Å²) in [5, 5.41) is 4.07. The van der Waals surface area contributed by atoms with E-state index in [0.29, 0.717) is 18.2 Å². The summed E-state index contributed by atoms with van der Waals surface area (Å²) in [5.41, 5.74) is 7.03. The first-order valence-electron chi connectivity index (χ1n) is 6.95. The number of benzene rings is 1. The maximum atomic E-state index is 5.92. The highest BCUT2D eigenvalue weighted by atomic mass is 16.5. The summed E-state index contributed by atoms with van der Waals surface area (Å²) in [6.45, 7) is 0. The average molecular weight is 273 g/mol. The van der Waals surface area contributed by atoms with E-state index in [2.05, 4.69) is 10.1 Å². The fraction of sp³-hybridized carbons (Fsp3) is 0.467. The van der Waals surface area contributed by atoms with Crippen LogP contribution in [0.3, 0.4) is 0 Å². The van der Waals surface area contributed by atoms with Crippen LogP contribution < -0.4 is 10.5 Å². The summed E-state index contributed by atoms with van der Waals surface area (Å²) >= 11 is 0. The van der Waals surface area contributed by atoms with Gasteiger partial charge in [0, 0.05) is 18.4 Å². The third-order valence-corrected chi connectivity index (χ3v) is 3.80. The van der Waals surface area contributed by atoms with Gasteiger partial charge < -0.3 is 15.0 Å². The van der Waals surface area contributed by atoms with Gasteiger partial charge in [-0.1, -0.05) is 17.3 Å². The van der Waals surface area contributed by atoms with E-state index >= 15 is 0 Å². The fourth-order valence-electron chi connectivity index (χ4n) is 2.71. The minimum absolute atomic E-state index is 0.272. The highest BCUT2D eigenvalue weighted by Gasteiger charge is 2.27. The second kappa shape index (κ2) is 5.63. The molecule has 106 valence electrons. The van der Waals surface area contributed by atoms with Gasteiger partial charge in [0.1, 0.15) is 5.75 Å². The number of methoxy groups -OCH3 is 1.